The number of nitrogens with zero attached hydrogens (tertiary/aromatic N) is 3. The molecule has 3 aromatic carbocycles. The lowest BCUT2D eigenvalue weighted by Gasteiger charge is -2.24. The minimum Gasteiger partial charge on any atom is -0.508 e. The average molecular weight is 481 g/mol. The third-order valence-electron chi connectivity index (χ3n) is 6.79. The van der Waals surface area contributed by atoms with E-state index in [1.54, 1.807) is 31.2 Å². The van der Waals surface area contributed by atoms with Crippen LogP contribution in [0.1, 0.15) is 40.8 Å². The predicted octanol–water partition coefficient (Wildman–Crippen LogP) is 4.97. The van der Waals surface area contributed by atoms with Gasteiger partial charge in [0.05, 0.1) is 17.3 Å². The largest absolute Gasteiger partial charge is 0.508 e. The molecule has 0 saturated carbocycles. The fourth-order valence-electron chi connectivity index (χ4n) is 4.89. The highest BCUT2D eigenvalue weighted by Gasteiger charge is 2.44. The number of benzene rings is 3. The number of anilines is 1. The number of hydrazone groups is 1. The van der Waals surface area contributed by atoms with Crippen LogP contribution >= 0.6 is 0 Å². The molecule has 1 aromatic heterocycles. The zero-order valence-corrected chi connectivity index (χ0v) is 20.7. The Hall–Kier alpha value is -4.39. The lowest BCUT2D eigenvalue weighted by molar-refractivity contribution is -0.120. The van der Waals surface area contributed by atoms with E-state index in [0.717, 1.165) is 11.1 Å². The Morgan fingerprint density at radius 2 is 1.42 bits per heavy atom. The summed E-state index contributed by atoms with van der Waals surface area (Å²) >= 11 is 0. The molecule has 0 spiro atoms. The summed E-state index contributed by atoms with van der Waals surface area (Å²) in [6, 6.07) is 22.0. The van der Waals surface area contributed by atoms with E-state index >= 15 is 0 Å². The van der Waals surface area contributed by atoms with Crippen molar-refractivity contribution in [2.24, 2.45) is 11.0 Å². The van der Waals surface area contributed by atoms with Crippen molar-refractivity contribution < 1.29 is 9.90 Å². The summed E-state index contributed by atoms with van der Waals surface area (Å²) in [4.78, 5) is 27.7. The third-order valence-corrected chi connectivity index (χ3v) is 6.79. The fourth-order valence-corrected chi connectivity index (χ4v) is 4.89. The molecule has 2 heterocycles. The minimum atomic E-state index is -0.756. The number of aryl methyl sites for hydroxylation is 3. The molecule has 7 heteroatoms. The number of carbonyl (C=O) groups excluding carboxylic acids is 1. The van der Waals surface area contributed by atoms with Crippen LogP contribution in [0.4, 0.5) is 5.69 Å². The van der Waals surface area contributed by atoms with Crippen LogP contribution in [0.15, 0.2) is 82.7 Å². The number of aromatic nitrogens is 2. The average Bonchev–Trinajstić information content (AvgIpc) is 3.32. The quantitative estimate of drug-likeness (QED) is 0.423. The van der Waals surface area contributed by atoms with Crippen LogP contribution in [0.5, 0.6) is 5.75 Å². The van der Waals surface area contributed by atoms with Crippen molar-refractivity contribution in [2.75, 3.05) is 5.01 Å². The van der Waals surface area contributed by atoms with Gasteiger partial charge in [-0.2, -0.15) is 5.10 Å². The van der Waals surface area contributed by atoms with E-state index < -0.39 is 11.8 Å². The van der Waals surface area contributed by atoms with Gasteiger partial charge in [0.15, 0.2) is 0 Å². The van der Waals surface area contributed by atoms with E-state index in [-0.39, 0.29) is 17.2 Å². The molecular formula is C29H28N4O3. The molecule has 0 aliphatic carbocycles. The van der Waals surface area contributed by atoms with E-state index in [2.05, 4.69) is 10.2 Å². The summed E-state index contributed by atoms with van der Waals surface area (Å²) in [5.74, 6) is -1.70. The van der Waals surface area contributed by atoms with Crippen LogP contribution in [-0.2, 0) is 4.79 Å². The molecule has 182 valence electrons. The van der Waals surface area contributed by atoms with E-state index in [4.69, 9.17) is 0 Å². The second-order valence-electron chi connectivity index (χ2n) is 9.37. The molecule has 2 atom stereocenters. The van der Waals surface area contributed by atoms with Gasteiger partial charge in [0.25, 0.3) is 11.5 Å². The molecule has 1 amide bonds. The van der Waals surface area contributed by atoms with Gasteiger partial charge < -0.3 is 5.11 Å². The van der Waals surface area contributed by atoms with Crippen LogP contribution in [0, 0.1) is 26.7 Å². The van der Waals surface area contributed by atoms with E-state index in [9.17, 15) is 14.7 Å². The number of aromatic hydroxyl groups is 1. The minimum absolute atomic E-state index is 0.0266. The van der Waals surface area contributed by atoms with Gasteiger partial charge in [-0.1, -0.05) is 53.6 Å². The van der Waals surface area contributed by atoms with Crippen molar-refractivity contribution in [1.82, 2.24) is 9.78 Å². The number of rotatable bonds is 5. The molecule has 1 aliphatic heterocycles. The Morgan fingerprint density at radius 1 is 0.833 bits per heavy atom. The number of phenols is 1. The van der Waals surface area contributed by atoms with Crippen molar-refractivity contribution in [3.8, 4) is 11.4 Å². The first-order valence-electron chi connectivity index (χ1n) is 11.9. The zero-order valence-electron chi connectivity index (χ0n) is 20.7. The number of aromatic amines is 1. The maximum atomic E-state index is 13.8. The van der Waals surface area contributed by atoms with Gasteiger partial charge in [0.2, 0.25) is 0 Å². The molecule has 5 rings (SSSR count). The first kappa shape index (κ1) is 23.4. The van der Waals surface area contributed by atoms with Crippen LogP contribution in [0.2, 0.25) is 0 Å². The molecule has 2 unspecified atom stereocenters. The van der Waals surface area contributed by atoms with Gasteiger partial charge in [0.1, 0.15) is 5.75 Å². The Balaban J connectivity index is 1.66. The summed E-state index contributed by atoms with van der Waals surface area (Å²) in [6.45, 7) is 7.58. The Kier molecular flexibility index (Phi) is 5.84. The number of hydrogen-bond acceptors (Lipinski definition) is 4. The van der Waals surface area contributed by atoms with E-state index in [1.807, 2.05) is 69.3 Å². The molecule has 4 aromatic rings. The Bertz CT molecular complexity index is 1530. The van der Waals surface area contributed by atoms with Crippen molar-refractivity contribution >= 4 is 17.3 Å². The molecule has 0 saturated heterocycles. The highest BCUT2D eigenvalue weighted by molar-refractivity contribution is 6.15. The summed E-state index contributed by atoms with van der Waals surface area (Å²) < 4.78 is 1.49. The monoisotopic (exact) mass is 480 g/mol. The van der Waals surface area contributed by atoms with Crippen LogP contribution in [0.3, 0.4) is 0 Å². The van der Waals surface area contributed by atoms with Gasteiger partial charge in [-0.15, -0.1) is 0 Å². The maximum Gasteiger partial charge on any atom is 0.275 e. The van der Waals surface area contributed by atoms with Gasteiger partial charge in [-0.3, -0.25) is 14.7 Å². The number of hydrogen-bond donors (Lipinski definition) is 2. The van der Waals surface area contributed by atoms with Gasteiger partial charge in [0, 0.05) is 28.5 Å². The van der Waals surface area contributed by atoms with E-state index in [1.165, 1.54) is 9.69 Å². The molecule has 36 heavy (non-hydrogen) atoms. The van der Waals surface area contributed by atoms with Crippen molar-refractivity contribution in [3.63, 3.8) is 0 Å². The number of phenolic OH excluding ortho intramolecular Hbond substituents is 1. The summed E-state index contributed by atoms with van der Waals surface area (Å²) in [7, 11) is 0. The van der Waals surface area contributed by atoms with Crippen molar-refractivity contribution in [1.29, 1.82) is 0 Å². The molecule has 2 N–H and O–H groups in total. The van der Waals surface area contributed by atoms with Crippen molar-refractivity contribution in [3.05, 3.63) is 111 Å². The first-order valence-corrected chi connectivity index (χ1v) is 11.9. The highest BCUT2D eigenvalue weighted by Crippen LogP contribution is 2.41. The molecular weight excluding hydrogens is 452 g/mol. The number of para-hydroxylation sites is 1. The summed E-state index contributed by atoms with van der Waals surface area (Å²) in [6.07, 6.45) is 0. The van der Waals surface area contributed by atoms with Gasteiger partial charge in [-0.05, 0) is 58.0 Å². The summed E-state index contributed by atoms with van der Waals surface area (Å²) in [5.41, 5.74) is 5.39. The second kappa shape index (κ2) is 9.00. The molecule has 0 radical (unpaired) electrons. The standard InChI is InChI=1S/C29H28N4O3/c1-17-9-13-21(14-10-17)32-28(35)25(19(3)30-32)27(23-7-5-6-8-24(23)34)26-20(4)31-33(29(26)36)22-15-11-18(2)12-16-22/h5-16,25,27,31,34H,1-4H3. The Labute approximate surface area is 209 Å². The first-order chi connectivity index (χ1) is 17.3. The van der Waals surface area contributed by atoms with Gasteiger partial charge >= 0.3 is 0 Å². The summed E-state index contributed by atoms with van der Waals surface area (Å²) in [5, 5.41) is 20.0. The second-order valence-corrected chi connectivity index (χ2v) is 9.37. The smallest absolute Gasteiger partial charge is 0.275 e. The number of nitrogens with one attached hydrogen (secondary N) is 1. The number of H-pyrrole nitrogens is 1. The SMILES string of the molecule is CC1=NN(c2ccc(C)cc2)C(=O)C1C(c1ccccc1O)c1c(C)[nH]n(-c2ccc(C)cc2)c1=O. The Morgan fingerprint density at radius 3 is 2.03 bits per heavy atom. The maximum absolute atomic E-state index is 13.8. The molecule has 7 nitrogen and oxygen atoms in total. The normalized spacial score (nSPS) is 16.3. The van der Waals surface area contributed by atoms with Crippen LogP contribution in [-0.4, -0.2) is 26.5 Å². The fraction of sp³-hybridized carbons (Fsp3) is 0.207. The third kappa shape index (κ3) is 3.92. The van der Waals surface area contributed by atoms with Gasteiger partial charge in [-0.25, -0.2) is 9.69 Å². The topological polar surface area (TPSA) is 90.7 Å². The van der Waals surface area contributed by atoms with Crippen LogP contribution in [0.25, 0.3) is 5.69 Å². The molecule has 0 bridgehead atoms. The number of amides is 1. The lowest BCUT2D eigenvalue weighted by atomic mass is 9.78. The number of carbonyl (C=O) groups is 1. The zero-order chi connectivity index (χ0) is 25.6. The molecule has 0 fully saturated rings. The predicted molar refractivity (Wildman–Crippen MR) is 141 cm³/mol. The van der Waals surface area contributed by atoms with Crippen molar-refractivity contribution in [2.45, 2.75) is 33.6 Å². The molecule has 1 aliphatic rings. The highest BCUT2D eigenvalue weighted by atomic mass is 16.3. The van der Waals surface area contributed by atoms with E-state index in [0.29, 0.717) is 33.9 Å². The lowest BCUT2D eigenvalue weighted by Crippen LogP contribution is -2.34. The van der Waals surface area contributed by atoms with Crippen LogP contribution < -0.4 is 10.6 Å².